The number of hydrogen-bond donors (Lipinski definition) is 1. The van der Waals surface area contributed by atoms with E-state index in [0.29, 0.717) is 0 Å². The molecule has 0 atom stereocenters. The first-order chi connectivity index (χ1) is 6.88. The molecule has 0 unspecified atom stereocenters. The summed E-state index contributed by atoms with van der Waals surface area (Å²) in [5.74, 6) is 5.99. The molecule has 0 amide bonds. The van der Waals surface area contributed by atoms with Gasteiger partial charge in [-0.1, -0.05) is 18.2 Å². The number of para-hydroxylation sites is 1. The molecule has 1 aliphatic rings. The lowest BCUT2D eigenvalue weighted by Gasteiger charge is -2.05. The van der Waals surface area contributed by atoms with Crippen molar-refractivity contribution in [2.75, 3.05) is 12.4 Å². The molecule has 2 aromatic rings. The third-order valence-corrected chi connectivity index (χ3v) is 2.76. The molecule has 1 aliphatic heterocycles. The second kappa shape index (κ2) is 2.61. The minimum Gasteiger partial charge on any atom is -0.339 e. The standard InChI is InChI=1S/C11H11N3/c12-14-10-4-2-1-3-8(10)9-5-6-13-7-11(9)14/h1-4,7H,5-6,12H2. The zero-order chi connectivity index (χ0) is 9.54. The summed E-state index contributed by atoms with van der Waals surface area (Å²) in [5.41, 5.74) is 3.47. The van der Waals surface area contributed by atoms with Crippen LogP contribution in [0.4, 0.5) is 0 Å². The van der Waals surface area contributed by atoms with Gasteiger partial charge in [-0.2, -0.15) is 0 Å². The highest BCUT2D eigenvalue weighted by Crippen LogP contribution is 2.25. The van der Waals surface area contributed by atoms with Crippen LogP contribution in [0.15, 0.2) is 29.3 Å². The molecule has 3 rings (SSSR count). The minimum atomic E-state index is 0.876. The molecular weight excluding hydrogens is 174 g/mol. The first kappa shape index (κ1) is 7.62. The third-order valence-electron chi connectivity index (χ3n) is 2.76. The van der Waals surface area contributed by atoms with Gasteiger partial charge in [0.2, 0.25) is 0 Å². The van der Waals surface area contributed by atoms with Gasteiger partial charge in [-0.05, 0) is 18.1 Å². The molecule has 2 N–H and O–H groups in total. The first-order valence-corrected chi connectivity index (χ1v) is 4.75. The quantitative estimate of drug-likeness (QED) is 0.618. The van der Waals surface area contributed by atoms with Crippen LogP contribution in [0.3, 0.4) is 0 Å². The molecule has 3 nitrogen and oxygen atoms in total. The van der Waals surface area contributed by atoms with Crippen molar-refractivity contribution in [3.8, 4) is 0 Å². The average Bonchev–Trinajstić information content (AvgIpc) is 2.55. The summed E-state index contributed by atoms with van der Waals surface area (Å²) in [7, 11) is 0. The van der Waals surface area contributed by atoms with Crippen LogP contribution in [0, 0.1) is 0 Å². The molecule has 0 fully saturated rings. The van der Waals surface area contributed by atoms with Crippen LogP contribution in [0.2, 0.25) is 0 Å². The number of benzene rings is 1. The second-order valence-electron chi connectivity index (χ2n) is 3.54. The molecule has 1 aromatic heterocycles. The maximum atomic E-state index is 5.99. The molecule has 0 aliphatic carbocycles. The van der Waals surface area contributed by atoms with E-state index in [9.17, 15) is 0 Å². The number of nitrogen functional groups attached to an aromatic ring is 1. The number of aliphatic imine (C=N–C) groups is 1. The lowest BCUT2D eigenvalue weighted by molar-refractivity contribution is 0.928. The Labute approximate surface area is 81.8 Å². The van der Waals surface area contributed by atoms with E-state index in [4.69, 9.17) is 5.84 Å². The molecule has 0 bridgehead atoms. The Morgan fingerprint density at radius 2 is 2.14 bits per heavy atom. The van der Waals surface area contributed by atoms with Gasteiger partial charge in [0.1, 0.15) is 0 Å². The zero-order valence-corrected chi connectivity index (χ0v) is 7.77. The van der Waals surface area contributed by atoms with Crippen molar-refractivity contribution in [1.82, 2.24) is 4.68 Å². The van der Waals surface area contributed by atoms with Crippen molar-refractivity contribution in [1.29, 1.82) is 0 Å². The van der Waals surface area contributed by atoms with E-state index in [2.05, 4.69) is 11.1 Å². The molecule has 1 aromatic carbocycles. The van der Waals surface area contributed by atoms with Crippen molar-refractivity contribution in [2.45, 2.75) is 6.42 Å². The van der Waals surface area contributed by atoms with Crippen LogP contribution in [-0.4, -0.2) is 17.4 Å². The van der Waals surface area contributed by atoms with E-state index in [1.807, 2.05) is 24.4 Å². The number of aromatic nitrogens is 1. The lowest BCUT2D eigenvalue weighted by atomic mass is 10.1. The molecule has 3 heteroatoms. The maximum absolute atomic E-state index is 5.99. The van der Waals surface area contributed by atoms with Gasteiger partial charge in [0.25, 0.3) is 0 Å². The van der Waals surface area contributed by atoms with Gasteiger partial charge in [0.05, 0.1) is 11.2 Å². The SMILES string of the molecule is Nn1c2c(c3ccccc31)CCN=C2. The van der Waals surface area contributed by atoms with Gasteiger partial charge in [0, 0.05) is 18.1 Å². The fourth-order valence-corrected chi connectivity index (χ4v) is 2.08. The monoisotopic (exact) mass is 185 g/mol. The number of hydrogen-bond acceptors (Lipinski definition) is 2. The predicted octanol–water partition coefficient (Wildman–Crippen LogP) is 1.33. The summed E-state index contributed by atoms with van der Waals surface area (Å²) >= 11 is 0. The average molecular weight is 185 g/mol. The number of nitrogens with two attached hydrogens (primary N) is 1. The predicted molar refractivity (Wildman–Crippen MR) is 58.3 cm³/mol. The van der Waals surface area contributed by atoms with Gasteiger partial charge in [0.15, 0.2) is 0 Å². The highest BCUT2D eigenvalue weighted by atomic mass is 15.3. The van der Waals surface area contributed by atoms with Gasteiger partial charge < -0.3 is 5.84 Å². The number of fused-ring (bicyclic) bond motifs is 3. The van der Waals surface area contributed by atoms with Crippen LogP contribution in [0.25, 0.3) is 10.9 Å². The summed E-state index contributed by atoms with van der Waals surface area (Å²) in [4.78, 5) is 4.25. The van der Waals surface area contributed by atoms with Crippen LogP contribution in [-0.2, 0) is 6.42 Å². The van der Waals surface area contributed by atoms with Crippen molar-refractivity contribution < 1.29 is 0 Å². The van der Waals surface area contributed by atoms with Crippen LogP contribution < -0.4 is 5.84 Å². The van der Waals surface area contributed by atoms with Crippen LogP contribution >= 0.6 is 0 Å². The molecule has 0 saturated carbocycles. The Hall–Kier alpha value is -1.77. The maximum Gasteiger partial charge on any atom is 0.0842 e. The van der Waals surface area contributed by atoms with E-state index in [1.54, 1.807) is 4.68 Å². The smallest absolute Gasteiger partial charge is 0.0842 e. The Kier molecular flexibility index (Phi) is 1.42. The third kappa shape index (κ3) is 0.839. The summed E-state index contributed by atoms with van der Waals surface area (Å²) in [6, 6.07) is 8.22. The lowest BCUT2D eigenvalue weighted by Crippen LogP contribution is -2.14. The topological polar surface area (TPSA) is 43.3 Å². The second-order valence-corrected chi connectivity index (χ2v) is 3.54. The molecule has 70 valence electrons. The summed E-state index contributed by atoms with van der Waals surface area (Å²) < 4.78 is 1.73. The van der Waals surface area contributed by atoms with E-state index in [-0.39, 0.29) is 0 Å². The molecule has 0 saturated heterocycles. The molecule has 2 heterocycles. The van der Waals surface area contributed by atoms with E-state index < -0.39 is 0 Å². The Morgan fingerprint density at radius 3 is 3.07 bits per heavy atom. The van der Waals surface area contributed by atoms with Crippen LogP contribution in [0.5, 0.6) is 0 Å². The highest BCUT2D eigenvalue weighted by molar-refractivity contribution is 5.95. The van der Waals surface area contributed by atoms with Gasteiger partial charge in [-0.15, -0.1) is 0 Å². The van der Waals surface area contributed by atoms with Gasteiger partial charge in [-0.25, -0.2) is 0 Å². The highest BCUT2D eigenvalue weighted by Gasteiger charge is 2.15. The van der Waals surface area contributed by atoms with Crippen molar-refractivity contribution in [3.63, 3.8) is 0 Å². The molecule has 0 radical (unpaired) electrons. The Bertz CT molecular complexity index is 523. The van der Waals surface area contributed by atoms with Crippen LogP contribution in [0.1, 0.15) is 11.3 Å². The Morgan fingerprint density at radius 1 is 1.29 bits per heavy atom. The fourth-order valence-electron chi connectivity index (χ4n) is 2.08. The van der Waals surface area contributed by atoms with Crippen molar-refractivity contribution in [2.24, 2.45) is 4.99 Å². The fraction of sp³-hybridized carbons (Fsp3) is 0.182. The minimum absolute atomic E-state index is 0.876. The largest absolute Gasteiger partial charge is 0.339 e. The van der Waals surface area contributed by atoms with Gasteiger partial charge >= 0.3 is 0 Å². The summed E-state index contributed by atoms with van der Waals surface area (Å²) in [6.45, 7) is 0.876. The van der Waals surface area contributed by atoms with E-state index >= 15 is 0 Å². The zero-order valence-electron chi connectivity index (χ0n) is 7.77. The van der Waals surface area contributed by atoms with Crippen molar-refractivity contribution >= 4 is 17.1 Å². The summed E-state index contributed by atoms with van der Waals surface area (Å²) in [5, 5.41) is 1.26. The number of nitrogens with zero attached hydrogens (tertiary/aromatic N) is 2. The van der Waals surface area contributed by atoms with E-state index in [0.717, 1.165) is 24.2 Å². The Balaban J connectivity index is 2.48. The molecule has 0 spiro atoms. The molecular formula is C11H11N3. The summed E-state index contributed by atoms with van der Waals surface area (Å²) in [6.07, 6.45) is 2.87. The van der Waals surface area contributed by atoms with Gasteiger partial charge in [-0.3, -0.25) is 9.67 Å². The number of rotatable bonds is 0. The molecule has 14 heavy (non-hydrogen) atoms. The van der Waals surface area contributed by atoms with Crippen molar-refractivity contribution in [3.05, 3.63) is 35.5 Å². The van der Waals surface area contributed by atoms with E-state index in [1.165, 1.54) is 10.9 Å². The first-order valence-electron chi connectivity index (χ1n) is 4.75. The normalized spacial score (nSPS) is 14.6.